The molecule has 0 saturated heterocycles. The molecule has 0 unspecified atom stereocenters. The van der Waals surface area contributed by atoms with Crippen LogP contribution in [-0.2, 0) is 10.2 Å². The maximum atomic E-state index is 12.3. The molecule has 0 aliphatic rings. The van der Waals surface area contributed by atoms with E-state index in [4.69, 9.17) is 5.11 Å². The molecule has 0 amide bonds. The average molecular weight is 310 g/mol. The smallest absolute Gasteiger partial charge is 0.301 e. The number of nitrogens with one attached hydrogen (secondary N) is 1. The summed E-state index contributed by atoms with van der Waals surface area (Å²) in [5.41, 5.74) is 2.01. The number of nitrogens with zero attached hydrogens (tertiary/aromatic N) is 1. The number of aliphatic hydroxyl groups is 1. The quantitative estimate of drug-likeness (QED) is 0.786. The van der Waals surface area contributed by atoms with Crippen molar-refractivity contribution >= 4 is 15.9 Å². The summed E-state index contributed by atoms with van der Waals surface area (Å²) in [6, 6.07) is 5.40. The summed E-state index contributed by atoms with van der Waals surface area (Å²) in [7, 11) is -3.58. The molecule has 21 heavy (non-hydrogen) atoms. The molecule has 1 aromatic carbocycles. The second-order valence-corrected chi connectivity index (χ2v) is 6.19. The second kappa shape index (κ2) is 8.03. The van der Waals surface area contributed by atoms with E-state index in [9.17, 15) is 8.42 Å². The molecule has 116 valence electrons. The normalized spacial score (nSPS) is 11.1. The molecule has 0 aliphatic heterocycles. The molecular weight excluding hydrogens is 288 g/mol. The van der Waals surface area contributed by atoms with Crippen LogP contribution < -0.4 is 4.72 Å². The minimum absolute atomic E-state index is 0.0145. The monoisotopic (exact) mass is 310 g/mol. The molecule has 0 saturated carbocycles. The Morgan fingerprint density at radius 2 is 1.95 bits per heavy atom. The van der Waals surface area contributed by atoms with Crippen molar-refractivity contribution in [2.24, 2.45) is 0 Å². The molecular formula is C15H22N2O3S. The summed E-state index contributed by atoms with van der Waals surface area (Å²) < 4.78 is 28.5. The van der Waals surface area contributed by atoms with Gasteiger partial charge in [0.2, 0.25) is 0 Å². The topological polar surface area (TPSA) is 69.6 Å². The van der Waals surface area contributed by atoms with Crippen molar-refractivity contribution in [3.63, 3.8) is 0 Å². The highest BCUT2D eigenvalue weighted by molar-refractivity contribution is 7.90. The predicted molar refractivity (Wildman–Crippen MR) is 85.2 cm³/mol. The molecule has 0 aromatic heterocycles. The third kappa shape index (κ3) is 5.05. The van der Waals surface area contributed by atoms with Crippen molar-refractivity contribution in [1.29, 1.82) is 0 Å². The highest BCUT2D eigenvalue weighted by Gasteiger charge is 2.19. The second-order valence-electron chi connectivity index (χ2n) is 4.52. The number of hydrogen-bond acceptors (Lipinski definition) is 3. The maximum absolute atomic E-state index is 12.3. The number of hydrogen-bond donors (Lipinski definition) is 2. The summed E-state index contributed by atoms with van der Waals surface area (Å²) in [6.07, 6.45) is 0.357. The van der Waals surface area contributed by atoms with Crippen molar-refractivity contribution in [3.8, 4) is 11.8 Å². The molecule has 0 heterocycles. The van der Waals surface area contributed by atoms with Gasteiger partial charge in [0, 0.05) is 25.1 Å². The molecule has 0 fully saturated rings. The van der Waals surface area contributed by atoms with E-state index in [1.807, 2.05) is 13.0 Å². The lowest BCUT2D eigenvalue weighted by molar-refractivity contribution is 0.305. The van der Waals surface area contributed by atoms with Gasteiger partial charge in [0.15, 0.2) is 0 Å². The molecule has 0 bridgehead atoms. The Labute approximate surface area is 127 Å². The molecule has 0 spiro atoms. The van der Waals surface area contributed by atoms with Crippen LogP contribution in [-0.4, -0.2) is 37.5 Å². The van der Waals surface area contributed by atoms with E-state index in [-0.39, 0.29) is 6.61 Å². The SMILES string of the molecule is CCN(CC)S(=O)(=O)Nc1cc(C)ccc1C#CCCO. The van der Waals surface area contributed by atoms with Crippen molar-refractivity contribution in [1.82, 2.24) is 4.31 Å². The lowest BCUT2D eigenvalue weighted by Crippen LogP contribution is -2.35. The number of anilines is 1. The van der Waals surface area contributed by atoms with Crippen LogP contribution in [0.2, 0.25) is 0 Å². The van der Waals surface area contributed by atoms with E-state index in [2.05, 4.69) is 16.6 Å². The van der Waals surface area contributed by atoms with Gasteiger partial charge in [-0.05, 0) is 24.6 Å². The number of aryl methyl sites for hydroxylation is 1. The zero-order chi connectivity index (χ0) is 15.9. The van der Waals surface area contributed by atoms with E-state index in [0.29, 0.717) is 30.8 Å². The predicted octanol–water partition coefficient (Wildman–Crippen LogP) is 1.73. The first-order chi connectivity index (χ1) is 9.94. The fraction of sp³-hybridized carbons (Fsp3) is 0.467. The van der Waals surface area contributed by atoms with Crippen molar-refractivity contribution < 1.29 is 13.5 Å². The standard InChI is InChI=1S/C15H22N2O3S/c1-4-17(5-2)21(19,20)16-15-12-13(3)9-10-14(15)8-6-7-11-18/h9-10,12,16,18H,4-5,7,11H2,1-3H3. The van der Waals surface area contributed by atoms with Crippen LogP contribution in [0.15, 0.2) is 18.2 Å². The number of aliphatic hydroxyl groups excluding tert-OH is 1. The van der Waals surface area contributed by atoms with Crippen LogP contribution in [0.1, 0.15) is 31.4 Å². The molecule has 0 radical (unpaired) electrons. The van der Waals surface area contributed by atoms with E-state index >= 15 is 0 Å². The van der Waals surface area contributed by atoms with Gasteiger partial charge >= 0.3 is 10.2 Å². The molecule has 5 nitrogen and oxygen atoms in total. The van der Waals surface area contributed by atoms with Gasteiger partial charge in [-0.2, -0.15) is 12.7 Å². The van der Waals surface area contributed by atoms with Gasteiger partial charge in [0.25, 0.3) is 0 Å². The third-order valence-corrected chi connectivity index (χ3v) is 4.59. The zero-order valence-corrected chi connectivity index (χ0v) is 13.5. The van der Waals surface area contributed by atoms with Gasteiger partial charge in [0.05, 0.1) is 12.3 Å². The van der Waals surface area contributed by atoms with Crippen LogP contribution in [0.3, 0.4) is 0 Å². The lowest BCUT2D eigenvalue weighted by Gasteiger charge is -2.20. The van der Waals surface area contributed by atoms with Gasteiger partial charge in [-0.1, -0.05) is 31.8 Å². The van der Waals surface area contributed by atoms with E-state index in [1.54, 1.807) is 26.0 Å². The minimum Gasteiger partial charge on any atom is -0.395 e. The van der Waals surface area contributed by atoms with Gasteiger partial charge < -0.3 is 5.11 Å². The van der Waals surface area contributed by atoms with E-state index < -0.39 is 10.2 Å². The van der Waals surface area contributed by atoms with Crippen LogP contribution in [0, 0.1) is 18.8 Å². The summed E-state index contributed by atoms with van der Waals surface area (Å²) >= 11 is 0. The molecule has 0 atom stereocenters. The Kier molecular flexibility index (Phi) is 6.69. The molecule has 1 aromatic rings. The largest absolute Gasteiger partial charge is 0.395 e. The van der Waals surface area contributed by atoms with Gasteiger partial charge in [-0.15, -0.1) is 0 Å². The molecule has 2 N–H and O–H groups in total. The average Bonchev–Trinajstić information content (AvgIpc) is 2.42. The van der Waals surface area contributed by atoms with Gasteiger partial charge in [-0.25, -0.2) is 0 Å². The van der Waals surface area contributed by atoms with Crippen LogP contribution in [0.25, 0.3) is 0 Å². The van der Waals surface area contributed by atoms with Crippen LogP contribution in [0.4, 0.5) is 5.69 Å². The summed E-state index contributed by atoms with van der Waals surface area (Å²) in [5, 5.41) is 8.76. The van der Waals surface area contributed by atoms with Crippen molar-refractivity contribution in [2.45, 2.75) is 27.2 Å². The Morgan fingerprint density at radius 3 is 2.52 bits per heavy atom. The fourth-order valence-corrected chi connectivity index (χ4v) is 3.09. The van der Waals surface area contributed by atoms with Gasteiger partial charge in [0.1, 0.15) is 0 Å². The highest BCUT2D eigenvalue weighted by atomic mass is 32.2. The Balaban J connectivity index is 3.13. The third-order valence-electron chi connectivity index (χ3n) is 2.92. The summed E-state index contributed by atoms with van der Waals surface area (Å²) in [4.78, 5) is 0. The first kappa shape index (κ1) is 17.5. The summed E-state index contributed by atoms with van der Waals surface area (Å²) in [5.74, 6) is 5.69. The van der Waals surface area contributed by atoms with Crippen molar-refractivity contribution in [2.75, 3.05) is 24.4 Å². The first-order valence-corrected chi connectivity index (χ1v) is 8.36. The van der Waals surface area contributed by atoms with E-state index in [0.717, 1.165) is 5.56 Å². The van der Waals surface area contributed by atoms with Crippen LogP contribution >= 0.6 is 0 Å². The minimum atomic E-state index is -3.58. The van der Waals surface area contributed by atoms with Crippen molar-refractivity contribution in [3.05, 3.63) is 29.3 Å². The summed E-state index contributed by atoms with van der Waals surface area (Å²) in [6.45, 7) is 6.27. The number of benzene rings is 1. The first-order valence-electron chi connectivity index (χ1n) is 6.92. The van der Waals surface area contributed by atoms with Crippen LogP contribution in [0.5, 0.6) is 0 Å². The number of rotatable bonds is 6. The lowest BCUT2D eigenvalue weighted by atomic mass is 10.1. The fourth-order valence-electron chi connectivity index (χ4n) is 1.83. The van der Waals surface area contributed by atoms with Gasteiger partial charge in [-0.3, -0.25) is 4.72 Å². The van der Waals surface area contributed by atoms with E-state index in [1.165, 1.54) is 4.31 Å². The Hall–Kier alpha value is -1.55. The Morgan fingerprint density at radius 1 is 1.29 bits per heavy atom. The molecule has 6 heteroatoms. The Bertz CT molecular complexity index is 626. The molecule has 0 aliphatic carbocycles. The maximum Gasteiger partial charge on any atom is 0.301 e. The molecule has 1 rings (SSSR count). The zero-order valence-electron chi connectivity index (χ0n) is 12.7. The highest BCUT2D eigenvalue weighted by Crippen LogP contribution is 2.19.